The van der Waals surface area contributed by atoms with Gasteiger partial charge < -0.3 is 24.7 Å². The number of methoxy groups -OCH3 is 2. The molecule has 0 aliphatic heterocycles. The Morgan fingerprint density at radius 3 is 2.34 bits per heavy atom. The Kier molecular flexibility index (Phi) is 8.91. The number of carbonyl (C=O) groups excluding carboxylic acids is 1. The number of nitrogens with zero attached hydrogens (tertiary/aromatic N) is 3. The number of aromatic nitrogens is 2. The number of amides is 1. The summed E-state index contributed by atoms with van der Waals surface area (Å²) in [5.41, 5.74) is 8.70. The lowest BCUT2D eigenvalue weighted by molar-refractivity contribution is -0.120. The lowest BCUT2D eigenvalue weighted by Gasteiger charge is -2.18. The van der Waals surface area contributed by atoms with E-state index in [-0.39, 0.29) is 23.8 Å². The molecular formula is C31H34N4O6. The Bertz CT molecular complexity index is 1650. The largest absolute Gasteiger partial charge is 0.494 e. The van der Waals surface area contributed by atoms with Crippen molar-refractivity contribution >= 4 is 23.0 Å². The van der Waals surface area contributed by atoms with Crippen molar-refractivity contribution in [1.82, 2.24) is 9.66 Å². The molecule has 2 N–H and O–H groups in total. The average molecular weight is 559 g/mol. The van der Waals surface area contributed by atoms with Crippen molar-refractivity contribution < 1.29 is 23.7 Å². The van der Waals surface area contributed by atoms with E-state index in [1.165, 1.54) is 25.1 Å². The first kappa shape index (κ1) is 29.1. The predicted molar refractivity (Wildman–Crippen MR) is 159 cm³/mol. The first-order valence-electron chi connectivity index (χ1n) is 13.2. The minimum absolute atomic E-state index is 0.176. The van der Waals surface area contributed by atoms with Crippen LogP contribution in [0.5, 0.6) is 23.0 Å². The fourth-order valence-electron chi connectivity index (χ4n) is 4.46. The molecule has 41 heavy (non-hydrogen) atoms. The third-order valence-electron chi connectivity index (χ3n) is 6.44. The van der Waals surface area contributed by atoms with Gasteiger partial charge in [-0.25, -0.2) is 4.98 Å². The third kappa shape index (κ3) is 6.16. The van der Waals surface area contributed by atoms with Crippen molar-refractivity contribution in [2.45, 2.75) is 33.6 Å². The Morgan fingerprint density at radius 1 is 1.05 bits per heavy atom. The maximum Gasteiger partial charge on any atom is 0.282 e. The molecule has 0 atom stereocenters. The summed E-state index contributed by atoms with van der Waals surface area (Å²) in [5.74, 6) is 1.58. The normalized spacial score (nSPS) is 11.3. The standard InChI is InChI=1S/C31H34N4O6/c1-7-40-25-12-19(4)23(15-22(25)18(2)3)30-34-24-11-9-8-10-21(24)31(37)35(30)33-16-20-13-26(38-5)29(27(14-20)39-6)41-17-28(32)36/h8-16,18H,7,17H2,1-6H3,(H2,32,36). The summed E-state index contributed by atoms with van der Waals surface area (Å²) in [4.78, 5) is 29.9. The van der Waals surface area contributed by atoms with E-state index in [1.807, 2.05) is 38.1 Å². The lowest BCUT2D eigenvalue weighted by Crippen LogP contribution is -2.21. The van der Waals surface area contributed by atoms with Gasteiger partial charge in [0.1, 0.15) is 5.75 Å². The topological polar surface area (TPSA) is 127 Å². The summed E-state index contributed by atoms with van der Waals surface area (Å²) in [7, 11) is 2.92. The van der Waals surface area contributed by atoms with E-state index >= 15 is 0 Å². The summed E-state index contributed by atoms with van der Waals surface area (Å²) >= 11 is 0. The molecule has 0 fully saturated rings. The zero-order valence-corrected chi connectivity index (χ0v) is 24.1. The van der Waals surface area contributed by atoms with Crippen LogP contribution in [0.25, 0.3) is 22.3 Å². The number of fused-ring (bicyclic) bond motifs is 1. The maximum absolute atomic E-state index is 13.8. The Labute approximate surface area is 238 Å². The summed E-state index contributed by atoms with van der Waals surface area (Å²) in [6.45, 7) is 8.28. The molecule has 1 heterocycles. The van der Waals surface area contributed by atoms with Crippen LogP contribution in [0.15, 0.2) is 58.4 Å². The number of ether oxygens (including phenoxy) is 4. The minimum Gasteiger partial charge on any atom is -0.494 e. The van der Waals surface area contributed by atoms with Crippen molar-refractivity contribution in [2.24, 2.45) is 10.8 Å². The second kappa shape index (κ2) is 12.5. The van der Waals surface area contributed by atoms with Crippen molar-refractivity contribution in [3.05, 3.63) is 75.6 Å². The van der Waals surface area contributed by atoms with Crippen molar-refractivity contribution in [3.63, 3.8) is 0 Å². The zero-order valence-electron chi connectivity index (χ0n) is 24.1. The minimum atomic E-state index is -0.638. The second-order valence-electron chi connectivity index (χ2n) is 9.62. The first-order chi connectivity index (χ1) is 19.7. The molecule has 0 radical (unpaired) electrons. The quantitative estimate of drug-likeness (QED) is 0.265. The number of hydrogen-bond donors (Lipinski definition) is 1. The van der Waals surface area contributed by atoms with Crippen LogP contribution in [0.4, 0.5) is 0 Å². The van der Waals surface area contributed by atoms with E-state index in [0.717, 1.165) is 22.4 Å². The number of nitrogens with two attached hydrogens (primary N) is 1. The maximum atomic E-state index is 13.8. The highest BCUT2D eigenvalue weighted by Gasteiger charge is 2.19. The van der Waals surface area contributed by atoms with Crippen molar-refractivity contribution in [1.29, 1.82) is 0 Å². The van der Waals surface area contributed by atoms with E-state index in [1.54, 1.807) is 24.3 Å². The summed E-state index contributed by atoms with van der Waals surface area (Å²) < 4.78 is 23.6. The highest BCUT2D eigenvalue weighted by atomic mass is 16.5. The molecular weight excluding hydrogens is 524 g/mol. The number of rotatable bonds is 11. The molecule has 0 aliphatic carbocycles. The summed E-state index contributed by atoms with van der Waals surface area (Å²) in [6.07, 6.45) is 1.51. The molecule has 10 heteroatoms. The van der Waals surface area contributed by atoms with Gasteiger partial charge in [-0.15, -0.1) is 0 Å². The van der Waals surface area contributed by atoms with Gasteiger partial charge in [0.15, 0.2) is 23.9 Å². The smallest absolute Gasteiger partial charge is 0.282 e. The van der Waals surface area contributed by atoms with E-state index in [0.29, 0.717) is 40.4 Å². The van der Waals surface area contributed by atoms with E-state index in [2.05, 4.69) is 18.9 Å². The van der Waals surface area contributed by atoms with Crippen LogP contribution in [-0.2, 0) is 4.79 Å². The van der Waals surface area contributed by atoms with Gasteiger partial charge >= 0.3 is 0 Å². The van der Waals surface area contributed by atoms with Crippen LogP contribution < -0.4 is 30.2 Å². The monoisotopic (exact) mass is 558 g/mol. The van der Waals surface area contributed by atoms with Crippen LogP contribution in [0, 0.1) is 6.92 Å². The molecule has 4 rings (SSSR count). The van der Waals surface area contributed by atoms with Crippen LogP contribution in [0.1, 0.15) is 43.4 Å². The molecule has 1 amide bonds. The van der Waals surface area contributed by atoms with Gasteiger partial charge in [-0.2, -0.15) is 9.78 Å². The van der Waals surface area contributed by atoms with Crippen LogP contribution >= 0.6 is 0 Å². The van der Waals surface area contributed by atoms with Crippen molar-refractivity contribution in [2.75, 3.05) is 27.4 Å². The molecule has 3 aromatic carbocycles. The fraction of sp³-hybridized carbons (Fsp3) is 0.290. The number of carbonyl (C=O) groups is 1. The Morgan fingerprint density at radius 2 is 1.73 bits per heavy atom. The second-order valence-corrected chi connectivity index (χ2v) is 9.62. The van der Waals surface area contributed by atoms with Gasteiger partial charge in [0.2, 0.25) is 5.75 Å². The van der Waals surface area contributed by atoms with Gasteiger partial charge in [0, 0.05) is 11.1 Å². The van der Waals surface area contributed by atoms with Crippen molar-refractivity contribution in [3.8, 4) is 34.4 Å². The molecule has 1 aromatic heterocycles. The predicted octanol–water partition coefficient (Wildman–Crippen LogP) is 4.66. The van der Waals surface area contributed by atoms with E-state index in [9.17, 15) is 9.59 Å². The van der Waals surface area contributed by atoms with Gasteiger partial charge in [-0.1, -0.05) is 26.0 Å². The van der Waals surface area contributed by atoms with Crippen LogP contribution in [0.3, 0.4) is 0 Å². The van der Waals surface area contributed by atoms with E-state index in [4.69, 9.17) is 29.7 Å². The Hall–Kier alpha value is -4.86. The molecule has 10 nitrogen and oxygen atoms in total. The summed E-state index contributed by atoms with van der Waals surface area (Å²) in [6, 6.07) is 14.5. The number of aryl methyl sites for hydroxylation is 1. The third-order valence-corrected chi connectivity index (χ3v) is 6.44. The van der Waals surface area contributed by atoms with Gasteiger partial charge in [-0.3, -0.25) is 9.59 Å². The van der Waals surface area contributed by atoms with E-state index < -0.39 is 5.91 Å². The zero-order chi connectivity index (χ0) is 29.7. The molecule has 0 saturated heterocycles. The first-order valence-corrected chi connectivity index (χ1v) is 13.2. The van der Waals surface area contributed by atoms with Crippen LogP contribution in [-0.4, -0.2) is 49.2 Å². The lowest BCUT2D eigenvalue weighted by atomic mass is 9.96. The van der Waals surface area contributed by atoms with Gasteiger partial charge in [0.25, 0.3) is 11.5 Å². The molecule has 4 aromatic rings. The number of hydrogen-bond acceptors (Lipinski definition) is 8. The van der Waals surface area contributed by atoms with Crippen LogP contribution in [0.2, 0.25) is 0 Å². The molecule has 0 bridgehead atoms. The SMILES string of the molecule is CCOc1cc(C)c(-c2nc3ccccc3c(=O)n2N=Cc2cc(OC)c(OCC(N)=O)c(OC)c2)cc1C(C)C. The molecule has 0 unspecified atom stereocenters. The van der Waals surface area contributed by atoms with Gasteiger partial charge in [-0.05, 0) is 67.3 Å². The summed E-state index contributed by atoms with van der Waals surface area (Å²) in [5, 5.41) is 5.03. The molecule has 214 valence electrons. The highest BCUT2D eigenvalue weighted by Crippen LogP contribution is 2.38. The molecule has 0 spiro atoms. The number of primary amides is 1. The molecule has 0 aliphatic rings. The Balaban J connectivity index is 1.91. The number of benzene rings is 3. The fourth-order valence-corrected chi connectivity index (χ4v) is 4.46. The van der Waals surface area contributed by atoms with Gasteiger partial charge in [0.05, 0.1) is 37.9 Å². The number of para-hydroxylation sites is 1. The molecule has 0 saturated carbocycles. The highest BCUT2D eigenvalue weighted by molar-refractivity contribution is 5.84. The average Bonchev–Trinajstić information content (AvgIpc) is 2.95.